The predicted molar refractivity (Wildman–Crippen MR) is 70.9 cm³/mol. The number of ether oxygens (including phenoxy) is 2. The second kappa shape index (κ2) is 6.50. The molecular formula is C13H18BrNO2. The van der Waals surface area contributed by atoms with Crippen LogP contribution in [0.3, 0.4) is 0 Å². The van der Waals surface area contributed by atoms with Gasteiger partial charge in [0.05, 0.1) is 12.7 Å². The summed E-state index contributed by atoms with van der Waals surface area (Å²) in [6.07, 6.45) is 1.25. The van der Waals surface area contributed by atoms with Crippen LogP contribution >= 0.6 is 15.9 Å². The van der Waals surface area contributed by atoms with Crippen molar-refractivity contribution in [3.05, 3.63) is 34.3 Å². The maximum Gasteiger partial charge on any atom is 0.147 e. The third-order valence-electron chi connectivity index (χ3n) is 2.99. The lowest BCUT2D eigenvalue weighted by Gasteiger charge is -2.25. The average molecular weight is 300 g/mol. The summed E-state index contributed by atoms with van der Waals surface area (Å²) in [7, 11) is 0. The van der Waals surface area contributed by atoms with Crippen molar-refractivity contribution in [1.82, 2.24) is 5.32 Å². The van der Waals surface area contributed by atoms with Gasteiger partial charge in [0.25, 0.3) is 0 Å². The van der Waals surface area contributed by atoms with Crippen LogP contribution in [0, 0.1) is 0 Å². The predicted octanol–water partition coefficient (Wildman–Crippen LogP) is 2.86. The first-order valence-corrected chi connectivity index (χ1v) is 6.73. The Kier molecular flexibility index (Phi) is 4.98. The molecule has 0 saturated carbocycles. The van der Waals surface area contributed by atoms with Crippen LogP contribution in [0.4, 0.5) is 0 Å². The summed E-state index contributed by atoms with van der Waals surface area (Å²) in [6, 6.07) is 8.74. The smallest absolute Gasteiger partial charge is 0.147 e. The summed E-state index contributed by atoms with van der Waals surface area (Å²) in [5.41, 5.74) is 1.29. The molecule has 1 heterocycles. The minimum absolute atomic E-state index is 0.279. The summed E-state index contributed by atoms with van der Waals surface area (Å²) in [5.74, 6) is 0. The van der Waals surface area contributed by atoms with Crippen molar-refractivity contribution in [3.63, 3.8) is 0 Å². The van der Waals surface area contributed by atoms with Crippen LogP contribution in [-0.4, -0.2) is 26.0 Å². The number of hydrogen-bond acceptors (Lipinski definition) is 3. The standard InChI is InChI=1S/C13H18BrNO2/c1-10(11-2-4-12(14)5-3-11)15-8-13-6-7-16-9-17-13/h2-5,10,13,15H,6-9H2,1H3/t10-,13?/m0/s1. The van der Waals surface area contributed by atoms with E-state index in [0.717, 1.165) is 24.0 Å². The van der Waals surface area contributed by atoms with E-state index in [1.165, 1.54) is 5.56 Å². The molecule has 1 aliphatic rings. The van der Waals surface area contributed by atoms with E-state index < -0.39 is 0 Å². The van der Waals surface area contributed by atoms with Crippen LogP contribution in [0.1, 0.15) is 24.9 Å². The fourth-order valence-corrected chi connectivity index (χ4v) is 2.10. The molecule has 1 aliphatic heterocycles. The fourth-order valence-electron chi connectivity index (χ4n) is 1.84. The van der Waals surface area contributed by atoms with Crippen LogP contribution in [0.15, 0.2) is 28.7 Å². The molecule has 4 heteroatoms. The average Bonchev–Trinajstić information content (AvgIpc) is 2.38. The molecule has 2 rings (SSSR count). The second-order valence-corrected chi connectivity index (χ2v) is 5.20. The molecule has 0 spiro atoms. The summed E-state index contributed by atoms with van der Waals surface area (Å²) >= 11 is 3.44. The number of benzene rings is 1. The lowest BCUT2D eigenvalue weighted by molar-refractivity contribution is -0.137. The molecule has 0 amide bonds. The molecule has 1 aromatic carbocycles. The highest BCUT2D eigenvalue weighted by Gasteiger charge is 2.15. The first-order chi connectivity index (χ1) is 8.25. The summed E-state index contributed by atoms with van der Waals surface area (Å²) in [6.45, 7) is 4.28. The Balaban J connectivity index is 1.80. The van der Waals surface area contributed by atoms with Gasteiger partial charge in [-0.15, -0.1) is 0 Å². The first kappa shape index (κ1) is 13.0. The molecule has 94 valence electrons. The Morgan fingerprint density at radius 1 is 1.41 bits per heavy atom. The maximum absolute atomic E-state index is 5.49. The Hall–Kier alpha value is -0.420. The van der Waals surface area contributed by atoms with E-state index >= 15 is 0 Å². The minimum atomic E-state index is 0.279. The van der Waals surface area contributed by atoms with Gasteiger partial charge in [-0.1, -0.05) is 28.1 Å². The van der Waals surface area contributed by atoms with Gasteiger partial charge in [0.2, 0.25) is 0 Å². The molecule has 2 atom stereocenters. The fraction of sp³-hybridized carbons (Fsp3) is 0.538. The molecule has 17 heavy (non-hydrogen) atoms. The van der Waals surface area contributed by atoms with Crippen LogP contribution < -0.4 is 5.32 Å². The van der Waals surface area contributed by atoms with E-state index in [9.17, 15) is 0 Å². The highest BCUT2D eigenvalue weighted by molar-refractivity contribution is 9.10. The molecule has 1 N–H and O–H groups in total. The lowest BCUT2D eigenvalue weighted by atomic mass is 10.1. The van der Waals surface area contributed by atoms with Gasteiger partial charge in [-0.25, -0.2) is 0 Å². The first-order valence-electron chi connectivity index (χ1n) is 5.94. The molecule has 0 aliphatic carbocycles. The van der Waals surface area contributed by atoms with Crippen molar-refractivity contribution in [2.24, 2.45) is 0 Å². The lowest BCUT2D eigenvalue weighted by Crippen LogP contribution is -2.35. The van der Waals surface area contributed by atoms with E-state index in [-0.39, 0.29) is 6.10 Å². The molecule has 1 fully saturated rings. The van der Waals surface area contributed by atoms with Gasteiger partial charge in [-0.2, -0.15) is 0 Å². The quantitative estimate of drug-likeness (QED) is 0.927. The molecular weight excluding hydrogens is 282 g/mol. The van der Waals surface area contributed by atoms with Crippen molar-refractivity contribution < 1.29 is 9.47 Å². The Morgan fingerprint density at radius 3 is 2.82 bits per heavy atom. The molecule has 0 radical (unpaired) electrons. The van der Waals surface area contributed by atoms with Gasteiger partial charge in [0.1, 0.15) is 6.79 Å². The van der Waals surface area contributed by atoms with E-state index in [1.54, 1.807) is 0 Å². The van der Waals surface area contributed by atoms with E-state index in [2.05, 4.69) is 52.4 Å². The van der Waals surface area contributed by atoms with Gasteiger partial charge in [-0.3, -0.25) is 0 Å². The number of rotatable bonds is 4. The van der Waals surface area contributed by atoms with Crippen LogP contribution in [0.2, 0.25) is 0 Å². The number of halogens is 1. The Labute approximate surface area is 111 Å². The molecule has 1 unspecified atom stereocenters. The molecule has 0 bridgehead atoms. The van der Waals surface area contributed by atoms with Gasteiger partial charge in [-0.05, 0) is 31.0 Å². The molecule has 0 aromatic heterocycles. The zero-order chi connectivity index (χ0) is 12.1. The molecule has 1 saturated heterocycles. The summed E-state index contributed by atoms with van der Waals surface area (Å²) < 4.78 is 11.8. The van der Waals surface area contributed by atoms with Crippen molar-refractivity contribution in [2.45, 2.75) is 25.5 Å². The normalized spacial score (nSPS) is 22.4. The highest BCUT2D eigenvalue weighted by Crippen LogP contribution is 2.17. The summed E-state index contributed by atoms with van der Waals surface area (Å²) in [5, 5.41) is 3.49. The monoisotopic (exact) mass is 299 g/mol. The van der Waals surface area contributed by atoms with Gasteiger partial charge in [0, 0.05) is 17.1 Å². The van der Waals surface area contributed by atoms with Crippen molar-refractivity contribution in [1.29, 1.82) is 0 Å². The molecule has 3 nitrogen and oxygen atoms in total. The minimum Gasteiger partial charge on any atom is -0.355 e. The van der Waals surface area contributed by atoms with Crippen LogP contribution in [0.5, 0.6) is 0 Å². The zero-order valence-corrected chi connectivity index (χ0v) is 11.6. The van der Waals surface area contributed by atoms with Crippen molar-refractivity contribution in [2.75, 3.05) is 19.9 Å². The third-order valence-corrected chi connectivity index (χ3v) is 3.52. The van der Waals surface area contributed by atoms with Gasteiger partial charge >= 0.3 is 0 Å². The summed E-state index contributed by atoms with van der Waals surface area (Å²) in [4.78, 5) is 0. The largest absolute Gasteiger partial charge is 0.355 e. The second-order valence-electron chi connectivity index (χ2n) is 4.28. The third kappa shape index (κ3) is 4.07. The Bertz CT molecular complexity index is 336. The SMILES string of the molecule is C[C@H](NCC1CCOCO1)c1ccc(Br)cc1. The molecule has 1 aromatic rings. The Morgan fingerprint density at radius 2 is 2.18 bits per heavy atom. The number of nitrogens with one attached hydrogen (secondary N) is 1. The number of hydrogen-bond donors (Lipinski definition) is 1. The van der Waals surface area contributed by atoms with Crippen molar-refractivity contribution >= 4 is 15.9 Å². The highest BCUT2D eigenvalue weighted by atomic mass is 79.9. The van der Waals surface area contributed by atoms with E-state index in [0.29, 0.717) is 12.8 Å². The topological polar surface area (TPSA) is 30.5 Å². The van der Waals surface area contributed by atoms with E-state index in [4.69, 9.17) is 9.47 Å². The van der Waals surface area contributed by atoms with Crippen LogP contribution in [-0.2, 0) is 9.47 Å². The maximum atomic E-state index is 5.49. The zero-order valence-electron chi connectivity index (χ0n) is 9.99. The van der Waals surface area contributed by atoms with Crippen LogP contribution in [0.25, 0.3) is 0 Å². The van der Waals surface area contributed by atoms with Crippen molar-refractivity contribution in [3.8, 4) is 0 Å². The van der Waals surface area contributed by atoms with Gasteiger partial charge < -0.3 is 14.8 Å². The van der Waals surface area contributed by atoms with E-state index in [1.807, 2.05) is 0 Å². The van der Waals surface area contributed by atoms with Gasteiger partial charge in [0.15, 0.2) is 0 Å².